The van der Waals surface area contributed by atoms with Crippen molar-refractivity contribution in [2.24, 2.45) is 0 Å². The maximum absolute atomic E-state index is 14.1. The van der Waals surface area contributed by atoms with E-state index >= 15 is 0 Å². The first kappa shape index (κ1) is 21.1. The fraction of sp³-hybridized carbons (Fsp3) is 0.476. The molecule has 8 nitrogen and oxygen atoms in total. The Bertz CT molecular complexity index is 957. The van der Waals surface area contributed by atoms with Crippen molar-refractivity contribution in [3.63, 3.8) is 0 Å². The molecule has 10 heteroatoms. The van der Waals surface area contributed by atoms with Crippen LogP contribution in [-0.4, -0.2) is 58.3 Å². The number of hydrogen-bond acceptors (Lipinski definition) is 6. The molecule has 1 aromatic heterocycles. The van der Waals surface area contributed by atoms with Gasteiger partial charge in [0, 0.05) is 43.5 Å². The van der Waals surface area contributed by atoms with Crippen LogP contribution in [0.4, 0.5) is 19.4 Å². The lowest BCUT2D eigenvalue weighted by molar-refractivity contribution is 0.160. The quantitative estimate of drug-likeness (QED) is 0.728. The van der Waals surface area contributed by atoms with Crippen molar-refractivity contribution in [2.45, 2.75) is 44.3 Å². The summed E-state index contributed by atoms with van der Waals surface area (Å²) in [5, 5.41) is 12.4. The highest BCUT2D eigenvalue weighted by Crippen LogP contribution is 2.32. The molecule has 0 bridgehead atoms. The number of nitrogens with one attached hydrogen (secondary N) is 1. The highest BCUT2D eigenvalue weighted by atomic mass is 19.1. The Morgan fingerprint density at radius 1 is 1.29 bits per heavy atom. The second kappa shape index (κ2) is 8.91. The minimum atomic E-state index is -0.785. The Labute approximate surface area is 178 Å². The van der Waals surface area contributed by atoms with E-state index in [1.807, 2.05) is 9.80 Å². The van der Waals surface area contributed by atoms with Gasteiger partial charge in [-0.2, -0.15) is 4.98 Å². The summed E-state index contributed by atoms with van der Waals surface area (Å²) < 4.78 is 32.6. The summed E-state index contributed by atoms with van der Waals surface area (Å²) in [6.45, 7) is 1.29. The predicted molar refractivity (Wildman–Crippen MR) is 109 cm³/mol. The minimum Gasteiger partial charge on any atom is -0.494 e. The number of amides is 2. The van der Waals surface area contributed by atoms with Gasteiger partial charge in [-0.25, -0.2) is 18.6 Å². The van der Waals surface area contributed by atoms with Gasteiger partial charge in [-0.15, -0.1) is 0 Å². The number of piperidine rings is 1. The SMILES string of the molecule is COc1cc(CNC(=O)N(C2CC2)[C@@H]2CCCN(c3ccnc(O)n3)C2)c(F)cc1F. The molecule has 0 spiro atoms. The minimum absolute atomic E-state index is 0.0361. The van der Waals surface area contributed by atoms with Gasteiger partial charge in [0.25, 0.3) is 0 Å². The zero-order valence-corrected chi connectivity index (χ0v) is 17.2. The Balaban J connectivity index is 1.44. The molecule has 4 rings (SSSR count). The topological polar surface area (TPSA) is 90.8 Å². The van der Waals surface area contributed by atoms with E-state index in [9.17, 15) is 18.7 Å². The zero-order valence-electron chi connectivity index (χ0n) is 17.2. The van der Waals surface area contributed by atoms with E-state index in [-0.39, 0.29) is 42.0 Å². The van der Waals surface area contributed by atoms with E-state index < -0.39 is 11.6 Å². The number of carbonyl (C=O) groups excluding carboxylic acids is 1. The number of benzene rings is 1. The van der Waals surface area contributed by atoms with Crippen LogP contribution < -0.4 is 15.0 Å². The summed E-state index contributed by atoms with van der Waals surface area (Å²) >= 11 is 0. The van der Waals surface area contributed by atoms with E-state index in [1.54, 1.807) is 6.07 Å². The van der Waals surface area contributed by atoms with Gasteiger partial charge in [0.2, 0.25) is 0 Å². The average Bonchev–Trinajstić information content (AvgIpc) is 3.58. The molecule has 1 saturated carbocycles. The molecule has 2 amide bonds. The third-order valence-corrected chi connectivity index (χ3v) is 5.67. The molecule has 2 fully saturated rings. The van der Waals surface area contributed by atoms with Crippen LogP contribution in [-0.2, 0) is 6.54 Å². The van der Waals surface area contributed by atoms with Crippen LogP contribution in [0.25, 0.3) is 0 Å². The highest BCUT2D eigenvalue weighted by molar-refractivity contribution is 5.75. The summed E-state index contributed by atoms with van der Waals surface area (Å²) in [5.41, 5.74) is 0.157. The molecule has 2 aromatic rings. The lowest BCUT2D eigenvalue weighted by Crippen LogP contribution is -2.54. The molecule has 31 heavy (non-hydrogen) atoms. The molecule has 0 radical (unpaired) electrons. The number of carbonyl (C=O) groups is 1. The van der Waals surface area contributed by atoms with Crippen LogP contribution in [0.2, 0.25) is 0 Å². The molecule has 2 N–H and O–H groups in total. The van der Waals surface area contributed by atoms with Gasteiger partial charge in [-0.1, -0.05) is 0 Å². The smallest absolute Gasteiger partial charge is 0.318 e. The second-order valence-corrected chi connectivity index (χ2v) is 7.83. The first-order chi connectivity index (χ1) is 15.0. The Kier molecular flexibility index (Phi) is 6.06. The number of ether oxygens (including phenoxy) is 1. The molecular formula is C21H25F2N5O3. The first-order valence-electron chi connectivity index (χ1n) is 10.3. The number of urea groups is 1. The van der Waals surface area contributed by atoms with E-state index in [0.717, 1.165) is 38.3 Å². The normalized spacial score (nSPS) is 18.5. The molecule has 1 saturated heterocycles. The highest BCUT2D eigenvalue weighted by Gasteiger charge is 2.39. The summed E-state index contributed by atoms with van der Waals surface area (Å²) in [6.07, 6.45) is 5.07. The Morgan fingerprint density at radius 2 is 2.10 bits per heavy atom. The largest absolute Gasteiger partial charge is 0.494 e. The van der Waals surface area contributed by atoms with Crippen molar-refractivity contribution in [1.29, 1.82) is 0 Å². The number of hydrogen-bond donors (Lipinski definition) is 2. The van der Waals surface area contributed by atoms with Crippen molar-refractivity contribution < 1.29 is 23.4 Å². The zero-order chi connectivity index (χ0) is 22.0. The van der Waals surface area contributed by atoms with Crippen molar-refractivity contribution in [3.05, 3.63) is 41.6 Å². The molecule has 1 atom stereocenters. The van der Waals surface area contributed by atoms with Crippen LogP contribution in [0, 0.1) is 11.6 Å². The summed E-state index contributed by atoms with van der Waals surface area (Å²) in [6, 6.07) is 3.30. The monoisotopic (exact) mass is 433 g/mol. The number of nitrogens with zero attached hydrogens (tertiary/aromatic N) is 4. The number of aromatic nitrogens is 2. The first-order valence-corrected chi connectivity index (χ1v) is 10.3. The molecule has 1 aromatic carbocycles. The number of aromatic hydroxyl groups is 1. The number of halogens is 2. The van der Waals surface area contributed by atoms with Crippen LogP contribution in [0.5, 0.6) is 11.8 Å². The van der Waals surface area contributed by atoms with Gasteiger partial charge in [0.15, 0.2) is 11.6 Å². The fourth-order valence-corrected chi connectivity index (χ4v) is 4.01. The number of anilines is 1. The second-order valence-electron chi connectivity index (χ2n) is 7.83. The van der Waals surface area contributed by atoms with Crippen molar-refractivity contribution in [2.75, 3.05) is 25.1 Å². The van der Waals surface area contributed by atoms with E-state index in [1.165, 1.54) is 19.4 Å². The average molecular weight is 433 g/mol. The van der Waals surface area contributed by atoms with Crippen molar-refractivity contribution in [1.82, 2.24) is 20.2 Å². The summed E-state index contributed by atoms with van der Waals surface area (Å²) in [5.74, 6) is -0.966. The van der Waals surface area contributed by atoms with Crippen molar-refractivity contribution >= 4 is 11.8 Å². The summed E-state index contributed by atoms with van der Waals surface area (Å²) in [7, 11) is 1.31. The Morgan fingerprint density at radius 3 is 2.81 bits per heavy atom. The maximum atomic E-state index is 14.1. The molecule has 1 aliphatic carbocycles. The van der Waals surface area contributed by atoms with Gasteiger partial charge in [0.1, 0.15) is 11.6 Å². The van der Waals surface area contributed by atoms with Gasteiger partial charge in [-0.3, -0.25) is 0 Å². The van der Waals surface area contributed by atoms with Crippen LogP contribution >= 0.6 is 0 Å². The van der Waals surface area contributed by atoms with Crippen LogP contribution in [0.3, 0.4) is 0 Å². The fourth-order valence-electron chi connectivity index (χ4n) is 4.01. The molecule has 0 unspecified atom stereocenters. The summed E-state index contributed by atoms with van der Waals surface area (Å²) in [4.78, 5) is 24.7. The lowest BCUT2D eigenvalue weighted by atomic mass is 10.0. The van der Waals surface area contributed by atoms with Gasteiger partial charge in [-0.05, 0) is 37.8 Å². The third kappa shape index (κ3) is 4.78. The lowest BCUT2D eigenvalue weighted by Gasteiger charge is -2.40. The van der Waals surface area contributed by atoms with Crippen LogP contribution in [0.1, 0.15) is 31.2 Å². The number of methoxy groups -OCH3 is 1. The van der Waals surface area contributed by atoms with Gasteiger partial charge < -0.3 is 25.0 Å². The molecule has 2 heterocycles. The van der Waals surface area contributed by atoms with E-state index in [4.69, 9.17) is 4.74 Å². The Hall–Kier alpha value is -3.17. The molecule has 1 aliphatic heterocycles. The van der Waals surface area contributed by atoms with Gasteiger partial charge >= 0.3 is 12.0 Å². The van der Waals surface area contributed by atoms with E-state index in [0.29, 0.717) is 12.4 Å². The number of rotatable bonds is 6. The molecular weight excluding hydrogens is 408 g/mol. The van der Waals surface area contributed by atoms with E-state index in [2.05, 4.69) is 15.3 Å². The predicted octanol–water partition coefficient (Wildman–Crippen LogP) is 2.81. The van der Waals surface area contributed by atoms with Crippen molar-refractivity contribution in [3.8, 4) is 11.8 Å². The van der Waals surface area contributed by atoms with Gasteiger partial charge in [0.05, 0.1) is 13.2 Å². The standard InChI is InChI=1S/C21H25F2N5O3/c1-31-18-9-13(16(22)10-17(18)23)11-25-21(30)28(14-4-5-14)15-3-2-8-27(12-15)19-6-7-24-20(29)26-19/h6-7,9-10,14-15H,2-5,8,11-12H2,1H3,(H,25,30)(H,24,26,29)/t15-/m1/s1. The maximum Gasteiger partial charge on any atom is 0.318 e. The van der Waals surface area contributed by atoms with Crippen LogP contribution in [0.15, 0.2) is 24.4 Å². The third-order valence-electron chi connectivity index (χ3n) is 5.67. The molecule has 2 aliphatic rings. The molecule has 166 valence electrons.